The van der Waals surface area contributed by atoms with Crippen LogP contribution in [0.15, 0.2) is 53.4 Å². The zero-order valence-corrected chi connectivity index (χ0v) is 14.9. The third-order valence-electron chi connectivity index (χ3n) is 3.43. The Kier molecular flexibility index (Phi) is 5.73. The summed E-state index contributed by atoms with van der Waals surface area (Å²) >= 11 is 0. The Hall–Kier alpha value is -3.20. The Balaban J connectivity index is 2.13. The van der Waals surface area contributed by atoms with Gasteiger partial charge in [-0.3, -0.25) is 9.59 Å². The number of carbonyl (C=O) groups is 3. The molecule has 0 unspecified atom stereocenters. The Morgan fingerprint density at radius 2 is 1.38 bits per heavy atom. The number of hydrogen-bond acceptors (Lipinski definition) is 5. The normalized spacial score (nSPS) is 10.7. The highest BCUT2D eigenvalue weighted by Gasteiger charge is 2.19. The Morgan fingerprint density at radius 3 is 1.88 bits per heavy atom. The first-order valence-corrected chi connectivity index (χ1v) is 8.98. The average Bonchev–Trinajstić information content (AvgIpc) is 2.61. The largest absolute Gasteiger partial charge is 0.341 e. The highest BCUT2D eigenvalue weighted by Crippen LogP contribution is 2.15. The maximum Gasteiger partial charge on any atom is 0.318 e. The molecule has 0 aliphatic rings. The quantitative estimate of drug-likeness (QED) is 0.688. The van der Waals surface area contributed by atoms with E-state index >= 15 is 0 Å². The van der Waals surface area contributed by atoms with Gasteiger partial charge in [0.2, 0.25) is 0 Å². The van der Waals surface area contributed by atoms with Crippen LogP contribution in [0.2, 0.25) is 0 Å². The predicted octanol–water partition coefficient (Wildman–Crippen LogP) is 1.76. The molecule has 26 heavy (non-hydrogen) atoms. The molecule has 0 radical (unpaired) electrons. The molecule has 0 fully saturated rings. The third-order valence-corrected chi connectivity index (χ3v) is 4.78. The molecular formula is C17H17N3O5S. The van der Waals surface area contributed by atoms with E-state index in [9.17, 15) is 22.8 Å². The van der Waals surface area contributed by atoms with Crippen LogP contribution in [0.4, 0.5) is 10.5 Å². The van der Waals surface area contributed by atoms with E-state index in [1.165, 1.54) is 62.5 Å². The lowest BCUT2D eigenvalue weighted by Crippen LogP contribution is -2.30. The lowest BCUT2D eigenvalue weighted by Gasteiger charge is -2.09. The SMILES string of the molecule is CNC(=O)Nc1ccc(S(=O)(=O)NC(=O)c2ccc(C(C)=O)cc2)cc1. The molecule has 3 amide bonds. The highest BCUT2D eigenvalue weighted by atomic mass is 32.2. The van der Waals surface area contributed by atoms with Gasteiger partial charge < -0.3 is 10.6 Å². The van der Waals surface area contributed by atoms with E-state index in [1.54, 1.807) is 0 Å². The highest BCUT2D eigenvalue weighted by molar-refractivity contribution is 7.90. The van der Waals surface area contributed by atoms with Crippen molar-refractivity contribution in [3.8, 4) is 0 Å². The number of carbonyl (C=O) groups excluding carboxylic acids is 3. The Labute approximate surface area is 150 Å². The maximum atomic E-state index is 12.3. The molecule has 0 heterocycles. The Morgan fingerprint density at radius 1 is 0.846 bits per heavy atom. The number of Topliss-reactive ketones (excluding diaryl/α,β-unsaturated/α-hetero) is 1. The van der Waals surface area contributed by atoms with Gasteiger partial charge in [0.1, 0.15) is 0 Å². The Bertz CT molecular complexity index is 935. The molecular weight excluding hydrogens is 358 g/mol. The number of benzene rings is 2. The van der Waals surface area contributed by atoms with Gasteiger partial charge in [0.15, 0.2) is 5.78 Å². The van der Waals surface area contributed by atoms with Crippen LogP contribution in [0.5, 0.6) is 0 Å². The van der Waals surface area contributed by atoms with Crippen LogP contribution in [0.3, 0.4) is 0 Å². The molecule has 8 nitrogen and oxygen atoms in total. The van der Waals surface area contributed by atoms with Crippen molar-refractivity contribution in [2.75, 3.05) is 12.4 Å². The number of amides is 3. The summed E-state index contributed by atoms with van der Waals surface area (Å²) in [5.74, 6) is -0.970. The molecule has 2 aromatic carbocycles. The summed E-state index contributed by atoms with van der Waals surface area (Å²) in [7, 11) is -2.63. The van der Waals surface area contributed by atoms with Gasteiger partial charge in [-0.15, -0.1) is 0 Å². The van der Waals surface area contributed by atoms with Crippen molar-refractivity contribution in [3.63, 3.8) is 0 Å². The molecule has 0 aliphatic carbocycles. The van der Waals surface area contributed by atoms with Gasteiger partial charge in [-0.1, -0.05) is 12.1 Å². The van der Waals surface area contributed by atoms with Gasteiger partial charge in [0.25, 0.3) is 15.9 Å². The summed E-state index contributed by atoms with van der Waals surface area (Å²) in [6.45, 7) is 1.39. The second kappa shape index (κ2) is 7.79. The number of sulfonamides is 1. The van der Waals surface area contributed by atoms with Crippen molar-refractivity contribution >= 4 is 33.4 Å². The zero-order valence-electron chi connectivity index (χ0n) is 14.1. The number of urea groups is 1. The minimum absolute atomic E-state index is 0.108. The van der Waals surface area contributed by atoms with Crippen molar-refractivity contribution < 1.29 is 22.8 Å². The molecule has 0 aromatic heterocycles. The summed E-state index contributed by atoms with van der Waals surface area (Å²) in [4.78, 5) is 34.4. The van der Waals surface area contributed by atoms with E-state index in [-0.39, 0.29) is 16.2 Å². The molecule has 9 heteroatoms. The van der Waals surface area contributed by atoms with E-state index in [1.807, 2.05) is 4.72 Å². The van der Waals surface area contributed by atoms with Crippen LogP contribution in [0, 0.1) is 0 Å². The van der Waals surface area contributed by atoms with Gasteiger partial charge in [0.05, 0.1) is 4.90 Å². The fourth-order valence-corrected chi connectivity index (χ4v) is 2.98. The molecule has 0 bridgehead atoms. The average molecular weight is 375 g/mol. The molecule has 136 valence electrons. The standard InChI is InChI=1S/C17H17N3O5S/c1-11(21)12-3-5-13(6-4-12)16(22)20-26(24,25)15-9-7-14(8-10-15)19-17(23)18-2/h3-10H,1-2H3,(H,20,22)(H2,18,19,23). The number of rotatable bonds is 5. The topological polar surface area (TPSA) is 121 Å². The summed E-state index contributed by atoms with van der Waals surface area (Å²) in [5, 5.41) is 4.86. The van der Waals surface area contributed by atoms with Crippen molar-refractivity contribution in [1.29, 1.82) is 0 Å². The minimum Gasteiger partial charge on any atom is -0.341 e. The molecule has 0 saturated heterocycles. The van der Waals surface area contributed by atoms with Crippen LogP contribution in [-0.2, 0) is 10.0 Å². The van der Waals surface area contributed by atoms with Crippen LogP contribution in [-0.4, -0.2) is 33.2 Å². The second-order valence-corrected chi connectivity index (χ2v) is 6.98. The van der Waals surface area contributed by atoms with Gasteiger partial charge >= 0.3 is 6.03 Å². The van der Waals surface area contributed by atoms with Crippen molar-refractivity contribution in [3.05, 3.63) is 59.7 Å². The van der Waals surface area contributed by atoms with Gasteiger partial charge in [0, 0.05) is 23.9 Å². The summed E-state index contributed by atoms with van der Waals surface area (Å²) in [6.07, 6.45) is 0. The molecule has 3 N–H and O–H groups in total. The first-order chi connectivity index (χ1) is 12.2. The summed E-state index contributed by atoms with van der Waals surface area (Å²) < 4.78 is 26.5. The van der Waals surface area contributed by atoms with Crippen LogP contribution < -0.4 is 15.4 Å². The first-order valence-electron chi connectivity index (χ1n) is 7.50. The first kappa shape index (κ1) is 19.1. The van der Waals surface area contributed by atoms with Crippen molar-refractivity contribution in [2.45, 2.75) is 11.8 Å². The molecule has 0 atom stereocenters. The van der Waals surface area contributed by atoms with Gasteiger partial charge in [-0.25, -0.2) is 17.9 Å². The molecule has 0 saturated carbocycles. The number of anilines is 1. The van der Waals surface area contributed by atoms with Crippen LogP contribution in [0.25, 0.3) is 0 Å². The summed E-state index contributed by atoms with van der Waals surface area (Å²) in [6, 6.07) is 10.5. The lowest BCUT2D eigenvalue weighted by atomic mass is 10.1. The number of hydrogen-bond donors (Lipinski definition) is 3. The molecule has 0 aliphatic heterocycles. The second-order valence-electron chi connectivity index (χ2n) is 5.30. The maximum absolute atomic E-state index is 12.3. The third kappa shape index (κ3) is 4.67. The van der Waals surface area contributed by atoms with E-state index in [4.69, 9.17) is 0 Å². The molecule has 0 spiro atoms. The van der Waals surface area contributed by atoms with E-state index in [2.05, 4.69) is 10.6 Å². The monoisotopic (exact) mass is 375 g/mol. The fourth-order valence-electron chi connectivity index (χ4n) is 2.01. The smallest absolute Gasteiger partial charge is 0.318 e. The summed E-state index contributed by atoms with van der Waals surface area (Å²) in [5.41, 5.74) is 0.925. The van der Waals surface area contributed by atoms with Gasteiger partial charge in [-0.05, 0) is 43.3 Å². The van der Waals surface area contributed by atoms with Crippen LogP contribution in [0.1, 0.15) is 27.6 Å². The fraction of sp³-hybridized carbons (Fsp3) is 0.118. The van der Waals surface area contributed by atoms with E-state index < -0.39 is 22.0 Å². The van der Waals surface area contributed by atoms with Crippen LogP contribution >= 0.6 is 0 Å². The van der Waals surface area contributed by atoms with E-state index in [0.717, 1.165) is 0 Å². The van der Waals surface area contributed by atoms with Crippen molar-refractivity contribution in [1.82, 2.24) is 10.0 Å². The molecule has 2 aromatic rings. The number of nitrogens with one attached hydrogen (secondary N) is 3. The molecule has 2 rings (SSSR count). The van der Waals surface area contributed by atoms with Crippen molar-refractivity contribution in [2.24, 2.45) is 0 Å². The van der Waals surface area contributed by atoms with Gasteiger partial charge in [-0.2, -0.15) is 0 Å². The number of ketones is 1. The minimum atomic E-state index is -4.08. The zero-order chi connectivity index (χ0) is 19.3. The predicted molar refractivity (Wildman–Crippen MR) is 95.6 cm³/mol. The van der Waals surface area contributed by atoms with E-state index in [0.29, 0.717) is 11.3 Å². The lowest BCUT2D eigenvalue weighted by molar-refractivity contribution is 0.0977.